The number of pyridine rings is 1. The number of hydrogen-bond acceptors (Lipinski definition) is 3. The van der Waals surface area contributed by atoms with Crippen LogP contribution in [0.4, 0.5) is 0 Å². The van der Waals surface area contributed by atoms with Gasteiger partial charge in [0, 0.05) is 5.33 Å². The molecule has 3 nitrogen and oxygen atoms in total. The van der Waals surface area contributed by atoms with Crippen molar-refractivity contribution in [1.29, 1.82) is 0 Å². The Kier molecular flexibility index (Phi) is 4.31. The number of hydrogen-bond donors (Lipinski definition) is 2. The van der Waals surface area contributed by atoms with Crippen LogP contribution in [0.15, 0.2) is 22.8 Å². The van der Waals surface area contributed by atoms with E-state index >= 15 is 0 Å². The quantitative estimate of drug-likeness (QED) is 0.659. The van der Waals surface area contributed by atoms with Gasteiger partial charge in [-0.15, -0.1) is 0 Å². The minimum atomic E-state index is -0.947. The molecule has 1 heterocycles. The standard InChI is InChI=1S/C8H9Br2NO2/c9-4-6(12)8(13)5-2-1-3-7(10)11-5/h1-3,6,8,12-13H,4H2. The minimum Gasteiger partial charge on any atom is -0.389 e. The van der Waals surface area contributed by atoms with Crippen molar-refractivity contribution in [2.24, 2.45) is 0 Å². The van der Waals surface area contributed by atoms with E-state index in [1.807, 2.05) is 0 Å². The van der Waals surface area contributed by atoms with Gasteiger partial charge in [0.2, 0.25) is 0 Å². The van der Waals surface area contributed by atoms with Gasteiger partial charge in [0.15, 0.2) is 0 Å². The number of halogens is 2. The Morgan fingerprint density at radius 1 is 1.38 bits per heavy atom. The first kappa shape index (κ1) is 11.1. The fourth-order valence-corrected chi connectivity index (χ4v) is 1.58. The van der Waals surface area contributed by atoms with Crippen molar-refractivity contribution in [2.45, 2.75) is 12.2 Å². The highest BCUT2D eigenvalue weighted by Gasteiger charge is 2.18. The average molecular weight is 311 g/mol. The second-order valence-corrected chi connectivity index (χ2v) is 4.01. The van der Waals surface area contributed by atoms with Crippen molar-refractivity contribution in [1.82, 2.24) is 4.98 Å². The molecule has 0 saturated heterocycles. The van der Waals surface area contributed by atoms with E-state index in [0.29, 0.717) is 15.6 Å². The second kappa shape index (κ2) is 5.05. The Hall–Kier alpha value is 0.0300. The summed E-state index contributed by atoms with van der Waals surface area (Å²) in [6, 6.07) is 5.19. The molecule has 2 N–H and O–H groups in total. The zero-order valence-corrected chi connectivity index (χ0v) is 9.86. The number of nitrogens with zero attached hydrogens (tertiary/aromatic N) is 1. The third kappa shape index (κ3) is 3.02. The van der Waals surface area contributed by atoms with Crippen molar-refractivity contribution < 1.29 is 10.2 Å². The molecule has 0 bridgehead atoms. The predicted molar refractivity (Wildman–Crippen MR) is 56.7 cm³/mol. The van der Waals surface area contributed by atoms with Gasteiger partial charge in [-0.2, -0.15) is 0 Å². The highest BCUT2D eigenvalue weighted by Crippen LogP contribution is 2.17. The molecule has 0 aromatic carbocycles. The number of alkyl halides is 1. The van der Waals surface area contributed by atoms with Crippen LogP contribution >= 0.6 is 31.9 Å². The lowest BCUT2D eigenvalue weighted by Crippen LogP contribution is -2.20. The molecule has 72 valence electrons. The fraction of sp³-hybridized carbons (Fsp3) is 0.375. The highest BCUT2D eigenvalue weighted by molar-refractivity contribution is 9.10. The van der Waals surface area contributed by atoms with Crippen LogP contribution in [0.2, 0.25) is 0 Å². The number of aliphatic hydroxyl groups excluding tert-OH is 2. The minimum absolute atomic E-state index is 0.322. The molecule has 1 aromatic rings. The summed E-state index contributed by atoms with van der Waals surface area (Å²) in [6.07, 6.45) is -1.78. The number of aromatic nitrogens is 1. The third-order valence-corrected chi connectivity index (χ3v) is 2.67. The maximum atomic E-state index is 9.55. The molecule has 0 aliphatic rings. The molecule has 0 fully saturated rings. The van der Waals surface area contributed by atoms with E-state index < -0.39 is 12.2 Å². The van der Waals surface area contributed by atoms with Crippen LogP contribution in [0.5, 0.6) is 0 Å². The molecular weight excluding hydrogens is 302 g/mol. The molecule has 0 radical (unpaired) electrons. The first-order chi connectivity index (χ1) is 6.15. The lowest BCUT2D eigenvalue weighted by molar-refractivity contribution is 0.0314. The maximum absolute atomic E-state index is 9.55. The van der Waals surface area contributed by atoms with Crippen molar-refractivity contribution in [2.75, 3.05) is 5.33 Å². The maximum Gasteiger partial charge on any atom is 0.123 e. The van der Waals surface area contributed by atoms with Gasteiger partial charge in [0.25, 0.3) is 0 Å². The molecule has 0 aliphatic heterocycles. The third-order valence-electron chi connectivity index (χ3n) is 1.56. The van der Waals surface area contributed by atoms with Gasteiger partial charge in [-0.05, 0) is 28.1 Å². The van der Waals surface area contributed by atoms with Crippen LogP contribution < -0.4 is 0 Å². The van der Waals surface area contributed by atoms with Crippen molar-refractivity contribution in [3.8, 4) is 0 Å². The van der Waals surface area contributed by atoms with Crippen LogP contribution in [0, 0.1) is 0 Å². The Labute approximate surface area is 93.1 Å². The van der Waals surface area contributed by atoms with E-state index in [1.165, 1.54) is 0 Å². The zero-order chi connectivity index (χ0) is 9.84. The summed E-state index contributed by atoms with van der Waals surface area (Å²) >= 11 is 6.27. The normalized spacial score (nSPS) is 15.4. The van der Waals surface area contributed by atoms with Gasteiger partial charge in [0.1, 0.15) is 10.7 Å². The van der Waals surface area contributed by atoms with Crippen LogP contribution in [0.1, 0.15) is 11.8 Å². The number of aliphatic hydroxyl groups is 2. The lowest BCUT2D eigenvalue weighted by atomic mass is 10.1. The molecule has 5 heteroatoms. The van der Waals surface area contributed by atoms with Crippen LogP contribution in [0.25, 0.3) is 0 Å². The molecule has 1 aromatic heterocycles. The van der Waals surface area contributed by atoms with Crippen molar-refractivity contribution in [3.05, 3.63) is 28.5 Å². The fourth-order valence-electron chi connectivity index (χ4n) is 0.870. The molecule has 0 saturated carbocycles. The molecule has 2 unspecified atom stereocenters. The van der Waals surface area contributed by atoms with Gasteiger partial charge in [-0.25, -0.2) is 4.98 Å². The summed E-state index contributed by atoms with van der Waals surface area (Å²) < 4.78 is 0.644. The number of rotatable bonds is 3. The van der Waals surface area contributed by atoms with Crippen molar-refractivity contribution in [3.63, 3.8) is 0 Å². The van der Waals surface area contributed by atoms with Gasteiger partial charge >= 0.3 is 0 Å². The zero-order valence-electron chi connectivity index (χ0n) is 6.69. The first-order valence-electron chi connectivity index (χ1n) is 3.69. The van der Waals surface area contributed by atoms with E-state index in [0.717, 1.165) is 0 Å². The summed E-state index contributed by atoms with van der Waals surface area (Å²) in [5.74, 6) is 0. The van der Waals surface area contributed by atoms with E-state index in [4.69, 9.17) is 0 Å². The van der Waals surface area contributed by atoms with E-state index in [1.54, 1.807) is 18.2 Å². The van der Waals surface area contributed by atoms with Gasteiger partial charge in [-0.1, -0.05) is 22.0 Å². The van der Waals surface area contributed by atoms with E-state index in [2.05, 4.69) is 36.8 Å². The molecular formula is C8H9Br2NO2. The SMILES string of the molecule is OC(CBr)C(O)c1cccc(Br)n1. The van der Waals surface area contributed by atoms with Gasteiger partial charge in [-0.3, -0.25) is 0 Å². The van der Waals surface area contributed by atoms with Crippen LogP contribution in [-0.4, -0.2) is 26.6 Å². The predicted octanol–water partition coefficient (Wildman–Crippen LogP) is 1.63. The van der Waals surface area contributed by atoms with Crippen LogP contribution in [-0.2, 0) is 0 Å². The van der Waals surface area contributed by atoms with Gasteiger partial charge < -0.3 is 10.2 Å². The first-order valence-corrected chi connectivity index (χ1v) is 5.61. The molecule has 1 rings (SSSR count). The molecule has 13 heavy (non-hydrogen) atoms. The molecule has 0 spiro atoms. The monoisotopic (exact) mass is 309 g/mol. The lowest BCUT2D eigenvalue weighted by Gasteiger charge is -2.14. The highest BCUT2D eigenvalue weighted by atomic mass is 79.9. The summed E-state index contributed by atoms with van der Waals surface area (Å²) in [7, 11) is 0. The van der Waals surface area contributed by atoms with E-state index in [9.17, 15) is 10.2 Å². The Bertz CT molecular complexity index is 283. The summed E-state index contributed by atoms with van der Waals surface area (Å²) in [5.41, 5.74) is 0.460. The smallest absolute Gasteiger partial charge is 0.123 e. The van der Waals surface area contributed by atoms with Gasteiger partial charge in [0.05, 0.1) is 11.8 Å². The van der Waals surface area contributed by atoms with E-state index in [-0.39, 0.29) is 0 Å². The summed E-state index contributed by atoms with van der Waals surface area (Å²) in [4.78, 5) is 4.03. The molecule has 2 atom stereocenters. The largest absolute Gasteiger partial charge is 0.389 e. The Balaban J connectivity index is 2.82. The summed E-state index contributed by atoms with van der Waals surface area (Å²) in [5, 5.41) is 19.2. The Morgan fingerprint density at radius 2 is 2.08 bits per heavy atom. The topological polar surface area (TPSA) is 53.4 Å². The molecule has 0 amide bonds. The molecule has 0 aliphatic carbocycles. The second-order valence-electron chi connectivity index (χ2n) is 2.55. The average Bonchev–Trinajstić information content (AvgIpc) is 2.15. The van der Waals surface area contributed by atoms with Crippen LogP contribution in [0.3, 0.4) is 0 Å². The summed E-state index contributed by atoms with van der Waals surface area (Å²) in [6.45, 7) is 0. The Morgan fingerprint density at radius 3 is 2.62 bits per heavy atom. The van der Waals surface area contributed by atoms with Crippen molar-refractivity contribution >= 4 is 31.9 Å².